The summed E-state index contributed by atoms with van der Waals surface area (Å²) in [6, 6.07) is 1.92. The molecule has 0 aliphatic heterocycles. The topological polar surface area (TPSA) is 26.0 Å². The van der Waals surface area contributed by atoms with Crippen molar-refractivity contribution in [1.29, 1.82) is 0 Å². The first-order valence-electron chi connectivity index (χ1n) is 4.78. The Kier molecular flexibility index (Phi) is 3.58. The number of hydrogen-bond acceptors (Lipinski definition) is 1. The Balaban J connectivity index is 3.24. The van der Waals surface area contributed by atoms with Crippen molar-refractivity contribution in [2.45, 2.75) is 26.8 Å². The maximum absolute atomic E-state index is 13.6. The van der Waals surface area contributed by atoms with Gasteiger partial charge in [0.2, 0.25) is 0 Å². The van der Waals surface area contributed by atoms with Gasteiger partial charge in [0, 0.05) is 5.56 Å². The molecule has 0 aliphatic rings. The Morgan fingerprint density at radius 2 is 1.93 bits per heavy atom. The molecule has 0 amide bonds. The van der Waals surface area contributed by atoms with Crippen molar-refractivity contribution in [3.63, 3.8) is 0 Å². The van der Waals surface area contributed by atoms with Crippen molar-refractivity contribution < 1.29 is 8.78 Å². The van der Waals surface area contributed by atoms with Gasteiger partial charge in [-0.1, -0.05) is 17.7 Å². The van der Waals surface area contributed by atoms with Gasteiger partial charge in [-0.15, -0.1) is 0 Å². The zero-order valence-corrected chi connectivity index (χ0v) is 9.14. The molecule has 0 aliphatic carbocycles. The van der Waals surface area contributed by atoms with Crippen LogP contribution in [0.25, 0.3) is 0 Å². The Hall–Kier alpha value is -1.22. The van der Waals surface area contributed by atoms with Crippen LogP contribution in [0.5, 0.6) is 0 Å². The van der Waals surface area contributed by atoms with Crippen LogP contribution in [0, 0.1) is 18.6 Å². The van der Waals surface area contributed by atoms with Gasteiger partial charge in [0.05, 0.1) is 6.04 Å². The highest BCUT2D eigenvalue weighted by Crippen LogP contribution is 2.23. The third kappa shape index (κ3) is 2.63. The van der Waals surface area contributed by atoms with E-state index in [1.165, 1.54) is 12.1 Å². The Morgan fingerprint density at radius 1 is 1.33 bits per heavy atom. The first-order chi connectivity index (χ1) is 6.93. The molecule has 0 fully saturated rings. The normalized spacial score (nSPS) is 12.4. The monoisotopic (exact) mass is 211 g/mol. The quantitative estimate of drug-likeness (QED) is 0.747. The summed E-state index contributed by atoms with van der Waals surface area (Å²) in [6.45, 7) is 5.27. The lowest BCUT2D eigenvalue weighted by Gasteiger charge is -2.12. The van der Waals surface area contributed by atoms with Crippen molar-refractivity contribution in [1.82, 2.24) is 0 Å². The summed E-state index contributed by atoms with van der Waals surface area (Å²) in [5.74, 6) is -1.15. The van der Waals surface area contributed by atoms with Gasteiger partial charge >= 0.3 is 0 Å². The second-order valence-corrected chi connectivity index (χ2v) is 3.86. The number of hydrogen-bond donors (Lipinski definition) is 1. The van der Waals surface area contributed by atoms with E-state index in [-0.39, 0.29) is 5.56 Å². The van der Waals surface area contributed by atoms with Crippen LogP contribution in [0.3, 0.4) is 0 Å². The summed E-state index contributed by atoms with van der Waals surface area (Å²) in [7, 11) is 0. The summed E-state index contributed by atoms with van der Waals surface area (Å²) in [5, 5.41) is 0. The van der Waals surface area contributed by atoms with Crippen LogP contribution in [-0.2, 0) is 0 Å². The zero-order valence-electron chi connectivity index (χ0n) is 9.14. The highest BCUT2D eigenvalue weighted by molar-refractivity contribution is 5.31. The molecule has 0 spiro atoms. The summed E-state index contributed by atoms with van der Waals surface area (Å²) < 4.78 is 27.0. The molecule has 0 saturated heterocycles. The fraction of sp³-hybridized carbons (Fsp3) is 0.333. The molecule has 82 valence electrons. The molecule has 0 bridgehead atoms. The van der Waals surface area contributed by atoms with Crippen LogP contribution < -0.4 is 5.73 Å². The number of rotatable bonds is 2. The molecule has 15 heavy (non-hydrogen) atoms. The molecule has 1 aromatic carbocycles. The molecule has 3 heteroatoms. The van der Waals surface area contributed by atoms with E-state index in [0.717, 1.165) is 5.57 Å². The molecule has 0 radical (unpaired) electrons. The minimum absolute atomic E-state index is 0.0591. The van der Waals surface area contributed by atoms with Gasteiger partial charge in [-0.3, -0.25) is 0 Å². The maximum atomic E-state index is 13.6. The summed E-state index contributed by atoms with van der Waals surface area (Å²) in [4.78, 5) is 0. The van der Waals surface area contributed by atoms with Crippen molar-refractivity contribution >= 4 is 0 Å². The molecule has 0 heterocycles. The standard InChI is InChI=1S/C12H15F2N/c1-7(2)6-10(15)11-9(13)5-4-8(3)12(11)14/h4-6,10H,15H2,1-3H3. The predicted molar refractivity (Wildman–Crippen MR) is 57.5 cm³/mol. The third-order valence-corrected chi connectivity index (χ3v) is 2.17. The molecule has 0 aromatic heterocycles. The lowest BCUT2D eigenvalue weighted by molar-refractivity contribution is 0.540. The zero-order chi connectivity index (χ0) is 11.6. The molecular weight excluding hydrogens is 196 g/mol. The average molecular weight is 211 g/mol. The van der Waals surface area contributed by atoms with E-state index in [0.29, 0.717) is 5.56 Å². The summed E-state index contributed by atoms with van der Waals surface area (Å²) >= 11 is 0. The van der Waals surface area contributed by atoms with Gasteiger partial charge < -0.3 is 5.73 Å². The molecule has 1 unspecified atom stereocenters. The Morgan fingerprint density at radius 3 is 2.47 bits per heavy atom. The predicted octanol–water partition coefficient (Wildman–Crippen LogP) is 3.24. The van der Waals surface area contributed by atoms with E-state index in [1.807, 2.05) is 13.8 Å². The highest BCUT2D eigenvalue weighted by Gasteiger charge is 2.16. The number of halogens is 2. The fourth-order valence-corrected chi connectivity index (χ4v) is 1.43. The molecule has 1 atom stereocenters. The van der Waals surface area contributed by atoms with E-state index < -0.39 is 17.7 Å². The van der Waals surface area contributed by atoms with Gasteiger partial charge in [-0.05, 0) is 32.4 Å². The van der Waals surface area contributed by atoms with Gasteiger partial charge in [0.25, 0.3) is 0 Å². The molecule has 1 rings (SSSR count). The van der Waals surface area contributed by atoms with Crippen LogP contribution in [0.4, 0.5) is 8.78 Å². The summed E-state index contributed by atoms with van der Waals surface area (Å²) in [6.07, 6.45) is 1.64. The van der Waals surface area contributed by atoms with Crippen LogP contribution in [0.2, 0.25) is 0 Å². The number of benzene rings is 1. The molecule has 0 saturated carbocycles. The van der Waals surface area contributed by atoms with Crippen LogP contribution in [0.15, 0.2) is 23.8 Å². The van der Waals surface area contributed by atoms with Crippen LogP contribution in [-0.4, -0.2) is 0 Å². The van der Waals surface area contributed by atoms with Gasteiger partial charge in [0.15, 0.2) is 0 Å². The Bertz CT molecular complexity index is 393. The van der Waals surface area contributed by atoms with Crippen molar-refractivity contribution in [3.8, 4) is 0 Å². The maximum Gasteiger partial charge on any atom is 0.134 e. The largest absolute Gasteiger partial charge is 0.321 e. The van der Waals surface area contributed by atoms with E-state index >= 15 is 0 Å². The lowest BCUT2D eigenvalue weighted by atomic mass is 10.0. The minimum Gasteiger partial charge on any atom is -0.321 e. The second kappa shape index (κ2) is 4.53. The van der Waals surface area contributed by atoms with E-state index in [4.69, 9.17) is 5.73 Å². The van der Waals surface area contributed by atoms with E-state index in [1.54, 1.807) is 13.0 Å². The summed E-state index contributed by atoms with van der Waals surface area (Å²) in [5.41, 5.74) is 6.99. The van der Waals surface area contributed by atoms with Crippen LogP contribution in [0.1, 0.15) is 31.0 Å². The lowest BCUT2D eigenvalue weighted by Crippen LogP contribution is -2.13. The number of nitrogens with two attached hydrogens (primary N) is 1. The molecule has 2 N–H and O–H groups in total. The minimum atomic E-state index is -0.727. The second-order valence-electron chi connectivity index (χ2n) is 3.86. The number of allylic oxidation sites excluding steroid dienone is 1. The van der Waals surface area contributed by atoms with Crippen molar-refractivity contribution in [2.24, 2.45) is 5.73 Å². The van der Waals surface area contributed by atoms with Gasteiger partial charge in [-0.2, -0.15) is 0 Å². The molecular formula is C12H15F2N. The number of aryl methyl sites for hydroxylation is 1. The fourth-order valence-electron chi connectivity index (χ4n) is 1.43. The molecule has 1 nitrogen and oxygen atoms in total. The van der Waals surface area contributed by atoms with E-state index in [9.17, 15) is 8.78 Å². The molecule has 1 aromatic rings. The van der Waals surface area contributed by atoms with Crippen molar-refractivity contribution in [2.75, 3.05) is 0 Å². The smallest absolute Gasteiger partial charge is 0.134 e. The average Bonchev–Trinajstić information content (AvgIpc) is 2.11. The third-order valence-electron chi connectivity index (χ3n) is 2.17. The van der Waals surface area contributed by atoms with Gasteiger partial charge in [0.1, 0.15) is 11.6 Å². The van der Waals surface area contributed by atoms with Gasteiger partial charge in [-0.25, -0.2) is 8.78 Å². The first-order valence-corrected chi connectivity index (χ1v) is 4.78. The van der Waals surface area contributed by atoms with E-state index in [2.05, 4.69) is 0 Å². The van der Waals surface area contributed by atoms with Crippen LogP contribution >= 0.6 is 0 Å². The highest BCUT2D eigenvalue weighted by atomic mass is 19.1. The first kappa shape index (κ1) is 11.9. The van der Waals surface area contributed by atoms with Crippen molar-refractivity contribution in [3.05, 3.63) is 46.5 Å². The Labute approximate surface area is 88.6 Å². The SMILES string of the molecule is CC(C)=CC(N)c1c(F)ccc(C)c1F.